The van der Waals surface area contributed by atoms with Crippen molar-refractivity contribution < 1.29 is 9.59 Å². The number of hydrogen-bond donors (Lipinski definition) is 2. The van der Waals surface area contributed by atoms with Gasteiger partial charge in [0.05, 0.1) is 22.4 Å². The topological polar surface area (TPSA) is 73.3 Å². The van der Waals surface area contributed by atoms with Gasteiger partial charge >= 0.3 is 0 Å². The number of hydrogen-bond acceptors (Lipinski definition) is 4. The summed E-state index contributed by atoms with van der Waals surface area (Å²) in [4.78, 5) is 26.8. The number of imide groups is 1. The van der Waals surface area contributed by atoms with Gasteiger partial charge in [-0.05, 0) is 29.8 Å². The van der Waals surface area contributed by atoms with E-state index >= 15 is 0 Å². The van der Waals surface area contributed by atoms with E-state index in [-0.39, 0.29) is 11.4 Å². The molecule has 3 aromatic rings. The van der Waals surface area contributed by atoms with Crippen LogP contribution in [0.4, 0.5) is 0 Å². The Kier molecular flexibility index (Phi) is 5.46. The average Bonchev–Trinajstić information content (AvgIpc) is 3.07. The van der Waals surface area contributed by atoms with Gasteiger partial charge in [-0.15, -0.1) is 0 Å². The average molecular weight is 405 g/mol. The van der Waals surface area contributed by atoms with Crippen LogP contribution < -0.4 is 5.32 Å². The van der Waals surface area contributed by atoms with Crippen molar-refractivity contribution in [1.29, 1.82) is 5.41 Å². The van der Waals surface area contributed by atoms with Crippen LogP contribution in [-0.2, 0) is 0 Å². The van der Waals surface area contributed by atoms with E-state index in [2.05, 4.69) is 17.2 Å². The predicted molar refractivity (Wildman–Crippen MR) is 120 cm³/mol. The van der Waals surface area contributed by atoms with Crippen molar-refractivity contribution in [2.45, 2.75) is 0 Å². The van der Waals surface area contributed by atoms with Crippen molar-refractivity contribution >= 4 is 23.3 Å². The second-order valence-electron chi connectivity index (χ2n) is 6.82. The molecule has 0 bridgehead atoms. The lowest BCUT2D eigenvalue weighted by atomic mass is 10.0. The molecule has 0 radical (unpaired) electrons. The van der Waals surface area contributed by atoms with Gasteiger partial charge in [0.15, 0.2) is 5.84 Å². The molecule has 0 atom stereocenters. The third kappa shape index (κ3) is 3.75. The molecule has 2 N–H and O–H groups in total. The molecule has 0 aromatic heterocycles. The van der Waals surface area contributed by atoms with E-state index in [1.165, 1.54) is 0 Å². The molecular formula is C26H19N3O2. The Bertz CT molecular complexity index is 1230. The highest BCUT2D eigenvalue weighted by Gasteiger charge is 2.39. The number of nitrogens with zero attached hydrogens (tertiary/aromatic N) is 1. The standard InChI is InChI=1S/C26H19N3O2/c1-28-23(19-12-6-3-7-13-19)22(17-16-18-10-4-2-5-11-18)24(27)29-25(30)20-14-8-9-15-21(20)26(29)31/h2-15,27-28H,1H3/b23-22-,27-24?. The number of nitrogens with one attached hydrogen (secondary N) is 2. The van der Waals surface area contributed by atoms with Gasteiger partial charge in [-0.3, -0.25) is 15.0 Å². The molecule has 0 unspecified atom stereocenters. The van der Waals surface area contributed by atoms with E-state index in [4.69, 9.17) is 5.41 Å². The van der Waals surface area contributed by atoms with Crippen molar-refractivity contribution in [2.75, 3.05) is 7.05 Å². The summed E-state index contributed by atoms with van der Waals surface area (Å²) in [7, 11) is 1.72. The molecule has 1 heterocycles. The Morgan fingerprint density at radius 1 is 0.806 bits per heavy atom. The maximum Gasteiger partial charge on any atom is 0.267 e. The molecular weight excluding hydrogens is 386 g/mol. The second kappa shape index (κ2) is 8.52. The number of benzene rings is 3. The van der Waals surface area contributed by atoms with E-state index in [0.29, 0.717) is 16.8 Å². The summed E-state index contributed by atoms with van der Waals surface area (Å²) in [6, 6.07) is 25.4. The van der Waals surface area contributed by atoms with Crippen LogP contribution in [-0.4, -0.2) is 29.6 Å². The first-order chi connectivity index (χ1) is 15.1. The Balaban J connectivity index is 1.85. The molecule has 5 heteroatoms. The highest BCUT2D eigenvalue weighted by Crippen LogP contribution is 2.26. The zero-order valence-electron chi connectivity index (χ0n) is 16.8. The molecule has 150 valence electrons. The minimum atomic E-state index is -0.520. The van der Waals surface area contributed by atoms with Gasteiger partial charge < -0.3 is 5.32 Å². The summed E-state index contributed by atoms with van der Waals surface area (Å²) >= 11 is 0. The molecule has 31 heavy (non-hydrogen) atoms. The van der Waals surface area contributed by atoms with Crippen LogP contribution in [0.5, 0.6) is 0 Å². The fourth-order valence-electron chi connectivity index (χ4n) is 3.42. The van der Waals surface area contributed by atoms with Crippen LogP contribution in [0.3, 0.4) is 0 Å². The Morgan fingerprint density at radius 2 is 1.32 bits per heavy atom. The SMILES string of the molecule is CN/C(=C(/C#Cc1ccccc1)C(=N)N1C(=O)c2ccccc2C1=O)c1ccccc1. The normalized spacial score (nSPS) is 13.1. The summed E-state index contributed by atoms with van der Waals surface area (Å²) < 4.78 is 0. The highest BCUT2D eigenvalue weighted by atomic mass is 16.2. The van der Waals surface area contributed by atoms with Crippen LogP contribution in [0.15, 0.2) is 90.5 Å². The molecule has 3 aromatic carbocycles. The van der Waals surface area contributed by atoms with Crippen LogP contribution in [0.2, 0.25) is 0 Å². The molecule has 0 saturated carbocycles. The van der Waals surface area contributed by atoms with Gasteiger partial charge in [-0.2, -0.15) is 0 Å². The summed E-state index contributed by atoms with van der Waals surface area (Å²) in [6.45, 7) is 0. The maximum absolute atomic E-state index is 12.9. The van der Waals surface area contributed by atoms with Gasteiger partial charge in [0.25, 0.3) is 11.8 Å². The number of carbonyl (C=O) groups is 2. The van der Waals surface area contributed by atoms with Crippen LogP contribution in [0, 0.1) is 17.3 Å². The molecule has 0 fully saturated rings. The molecule has 1 aliphatic rings. The fraction of sp³-hybridized carbons (Fsp3) is 0.0385. The summed E-state index contributed by atoms with van der Waals surface area (Å²) in [5.74, 6) is 4.77. The minimum absolute atomic E-state index is 0.257. The van der Waals surface area contributed by atoms with Gasteiger partial charge in [0, 0.05) is 12.6 Å². The Morgan fingerprint density at radius 3 is 1.87 bits per heavy atom. The molecule has 5 nitrogen and oxygen atoms in total. The fourth-order valence-corrected chi connectivity index (χ4v) is 3.42. The van der Waals surface area contributed by atoms with E-state index in [1.54, 1.807) is 31.3 Å². The molecule has 0 spiro atoms. The smallest absolute Gasteiger partial charge is 0.267 e. The van der Waals surface area contributed by atoms with Crippen molar-refractivity contribution in [3.8, 4) is 11.8 Å². The first-order valence-corrected chi connectivity index (χ1v) is 9.73. The third-order valence-corrected chi connectivity index (χ3v) is 4.92. The number of carbonyl (C=O) groups excluding carboxylic acids is 2. The van der Waals surface area contributed by atoms with Gasteiger partial charge in [0.1, 0.15) is 0 Å². The number of fused-ring (bicyclic) bond motifs is 1. The van der Waals surface area contributed by atoms with Crippen molar-refractivity contribution in [3.63, 3.8) is 0 Å². The summed E-state index contributed by atoms with van der Waals surface area (Å²) in [5, 5.41) is 11.9. The molecule has 1 aliphatic heterocycles. The highest BCUT2D eigenvalue weighted by molar-refractivity contribution is 6.33. The molecule has 4 rings (SSSR count). The monoisotopic (exact) mass is 405 g/mol. The van der Waals surface area contributed by atoms with Crippen LogP contribution >= 0.6 is 0 Å². The zero-order valence-corrected chi connectivity index (χ0v) is 16.8. The Labute approximate surface area is 180 Å². The molecule has 0 saturated heterocycles. The maximum atomic E-state index is 12.9. The predicted octanol–water partition coefficient (Wildman–Crippen LogP) is 3.94. The van der Waals surface area contributed by atoms with Crippen molar-refractivity contribution in [1.82, 2.24) is 10.2 Å². The molecule has 0 aliphatic carbocycles. The van der Waals surface area contributed by atoms with Gasteiger partial charge in [-0.25, -0.2) is 4.90 Å². The number of amidine groups is 1. The van der Waals surface area contributed by atoms with Crippen molar-refractivity contribution in [2.24, 2.45) is 0 Å². The third-order valence-electron chi connectivity index (χ3n) is 4.92. The largest absolute Gasteiger partial charge is 0.387 e. The quantitative estimate of drug-likeness (QED) is 0.300. The van der Waals surface area contributed by atoms with Crippen molar-refractivity contribution in [3.05, 3.63) is 113 Å². The summed E-state index contributed by atoms with van der Waals surface area (Å²) in [5.41, 5.74) is 2.96. The lowest BCUT2D eigenvalue weighted by Crippen LogP contribution is -2.37. The van der Waals surface area contributed by atoms with Gasteiger partial charge in [-0.1, -0.05) is 72.5 Å². The number of amides is 2. The zero-order chi connectivity index (χ0) is 21.8. The lowest BCUT2D eigenvalue weighted by molar-refractivity contribution is 0.0748. The van der Waals surface area contributed by atoms with E-state index < -0.39 is 11.8 Å². The van der Waals surface area contributed by atoms with Gasteiger partial charge in [0.2, 0.25) is 0 Å². The van der Waals surface area contributed by atoms with E-state index in [9.17, 15) is 9.59 Å². The molecule has 2 amide bonds. The van der Waals surface area contributed by atoms with Crippen LogP contribution in [0.1, 0.15) is 31.8 Å². The first-order valence-electron chi connectivity index (χ1n) is 9.73. The minimum Gasteiger partial charge on any atom is -0.387 e. The second-order valence-corrected chi connectivity index (χ2v) is 6.82. The summed E-state index contributed by atoms with van der Waals surface area (Å²) in [6.07, 6.45) is 0. The Hall–Kier alpha value is -4.43. The number of rotatable bonds is 3. The first kappa shape index (κ1) is 19.9. The van der Waals surface area contributed by atoms with E-state index in [0.717, 1.165) is 16.0 Å². The lowest BCUT2D eigenvalue weighted by Gasteiger charge is -2.18. The van der Waals surface area contributed by atoms with Crippen LogP contribution in [0.25, 0.3) is 5.70 Å². The van der Waals surface area contributed by atoms with E-state index in [1.807, 2.05) is 60.7 Å².